The molecule has 142 valence electrons. The first-order chi connectivity index (χ1) is 13.5. The zero-order chi connectivity index (χ0) is 19.9. The number of carbonyl (C=O) groups excluding carboxylic acids is 2. The predicted molar refractivity (Wildman–Crippen MR) is 108 cm³/mol. The molecule has 0 aliphatic rings. The summed E-state index contributed by atoms with van der Waals surface area (Å²) in [5, 5.41) is 2.79. The maximum atomic E-state index is 12.1. The second kappa shape index (κ2) is 8.86. The number of esters is 1. The average molecular weight is 375 g/mol. The maximum Gasteiger partial charge on any atom is 0.349 e. The lowest BCUT2D eigenvalue weighted by atomic mass is 10.1. The second-order valence-electron chi connectivity index (χ2n) is 6.33. The van der Waals surface area contributed by atoms with Gasteiger partial charge >= 0.3 is 5.97 Å². The van der Waals surface area contributed by atoms with Gasteiger partial charge in [-0.25, -0.2) is 4.79 Å². The van der Waals surface area contributed by atoms with E-state index in [1.165, 1.54) is 0 Å². The number of benzene rings is 3. The number of aryl methyl sites for hydroxylation is 2. The molecule has 5 heteroatoms. The molecule has 0 aliphatic heterocycles. The van der Waals surface area contributed by atoms with Gasteiger partial charge in [-0.15, -0.1) is 0 Å². The number of carbonyl (C=O) groups is 2. The molecule has 1 amide bonds. The molecule has 0 saturated carbocycles. The lowest BCUT2D eigenvalue weighted by Crippen LogP contribution is -2.18. The molecule has 0 spiro atoms. The Labute approximate surface area is 163 Å². The van der Waals surface area contributed by atoms with E-state index < -0.39 is 5.97 Å². The van der Waals surface area contributed by atoms with Crippen molar-refractivity contribution in [2.24, 2.45) is 0 Å². The number of para-hydroxylation sites is 1. The molecule has 0 saturated heterocycles. The van der Waals surface area contributed by atoms with Gasteiger partial charge in [0.15, 0.2) is 6.61 Å². The van der Waals surface area contributed by atoms with E-state index in [2.05, 4.69) is 5.32 Å². The molecule has 5 nitrogen and oxygen atoms in total. The number of rotatable bonds is 6. The van der Waals surface area contributed by atoms with E-state index in [1.54, 1.807) is 48.5 Å². The second-order valence-corrected chi connectivity index (χ2v) is 6.33. The lowest BCUT2D eigenvalue weighted by Gasteiger charge is -2.11. The zero-order valence-corrected chi connectivity index (χ0v) is 15.8. The Morgan fingerprint density at radius 3 is 2.11 bits per heavy atom. The van der Waals surface area contributed by atoms with Gasteiger partial charge in [0.2, 0.25) is 0 Å². The average Bonchev–Trinajstić information content (AvgIpc) is 2.70. The van der Waals surface area contributed by atoms with Gasteiger partial charge in [-0.2, -0.15) is 0 Å². The minimum absolute atomic E-state index is 0.182. The quantitative estimate of drug-likeness (QED) is 0.507. The normalized spacial score (nSPS) is 10.2. The van der Waals surface area contributed by atoms with Gasteiger partial charge in [0.1, 0.15) is 11.5 Å². The van der Waals surface area contributed by atoms with E-state index in [-0.39, 0.29) is 12.5 Å². The van der Waals surface area contributed by atoms with Crippen LogP contribution in [0.15, 0.2) is 72.8 Å². The minimum atomic E-state index is -0.497. The van der Waals surface area contributed by atoms with Crippen LogP contribution in [0, 0.1) is 13.8 Å². The van der Waals surface area contributed by atoms with E-state index in [9.17, 15) is 9.59 Å². The molecule has 0 aromatic heterocycles. The van der Waals surface area contributed by atoms with Crippen molar-refractivity contribution in [1.82, 2.24) is 0 Å². The Kier molecular flexibility index (Phi) is 6.07. The standard InChI is InChI=1S/C23H21NO4/c1-16-7-6-8-17(2)22(16)27-15-21(25)28-20-13-11-19(12-14-20)24-23(26)18-9-4-3-5-10-18/h3-14H,15H2,1-2H3,(H,24,26). The molecule has 1 N–H and O–H groups in total. The first-order valence-electron chi connectivity index (χ1n) is 8.89. The van der Waals surface area contributed by atoms with Gasteiger partial charge in [-0.05, 0) is 61.4 Å². The van der Waals surface area contributed by atoms with Crippen LogP contribution in [0.2, 0.25) is 0 Å². The predicted octanol–water partition coefficient (Wildman–Crippen LogP) is 4.54. The lowest BCUT2D eigenvalue weighted by molar-refractivity contribution is -0.136. The molecule has 28 heavy (non-hydrogen) atoms. The number of hydrogen-bond acceptors (Lipinski definition) is 4. The summed E-state index contributed by atoms with van der Waals surface area (Å²) in [6.07, 6.45) is 0. The van der Waals surface area contributed by atoms with Gasteiger partial charge in [-0.3, -0.25) is 4.79 Å². The first kappa shape index (κ1) is 19.2. The van der Waals surface area contributed by atoms with Crippen LogP contribution in [0.5, 0.6) is 11.5 Å². The van der Waals surface area contributed by atoms with Gasteiger partial charge in [0.05, 0.1) is 0 Å². The highest BCUT2D eigenvalue weighted by atomic mass is 16.6. The third-order valence-electron chi connectivity index (χ3n) is 4.12. The SMILES string of the molecule is Cc1cccc(C)c1OCC(=O)Oc1ccc(NC(=O)c2ccccc2)cc1. The van der Waals surface area contributed by atoms with Gasteiger partial charge in [0.25, 0.3) is 5.91 Å². The molecular formula is C23H21NO4. The molecule has 0 atom stereocenters. The molecule has 3 aromatic carbocycles. The van der Waals surface area contributed by atoms with Gasteiger partial charge < -0.3 is 14.8 Å². The highest BCUT2D eigenvalue weighted by Gasteiger charge is 2.10. The fourth-order valence-corrected chi connectivity index (χ4v) is 2.72. The van der Waals surface area contributed by atoms with Gasteiger partial charge in [-0.1, -0.05) is 36.4 Å². The number of ether oxygens (including phenoxy) is 2. The summed E-state index contributed by atoms with van der Waals surface area (Å²) in [5.74, 6) is 0.377. The molecule has 0 bridgehead atoms. The molecule has 0 heterocycles. The topological polar surface area (TPSA) is 64.6 Å². The van der Waals surface area contributed by atoms with Crippen LogP contribution < -0.4 is 14.8 Å². The molecule has 3 aromatic rings. The van der Waals surface area contributed by atoms with E-state index in [4.69, 9.17) is 9.47 Å². The number of hydrogen-bond donors (Lipinski definition) is 1. The van der Waals surface area contributed by atoms with Crippen molar-refractivity contribution in [1.29, 1.82) is 0 Å². The number of anilines is 1. The largest absolute Gasteiger partial charge is 0.481 e. The van der Waals surface area contributed by atoms with E-state index >= 15 is 0 Å². The Morgan fingerprint density at radius 2 is 1.46 bits per heavy atom. The third kappa shape index (κ3) is 4.98. The van der Waals surface area contributed by atoms with Crippen molar-refractivity contribution >= 4 is 17.6 Å². The zero-order valence-electron chi connectivity index (χ0n) is 15.8. The smallest absolute Gasteiger partial charge is 0.349 e. The van der Waals surface area contributed by atoms with Crippen LogP contribution in [0.3, 0.4) is 0 Å². The van der Waals surface area contributed by atoms with Crippen LogP contribution in [0.25, 0.3) is 0 Å². The summed E-state index contributed by atoms with van der Waals surface area (Å²) >= 11 is 0. The molecule has 0 fully saturated rings. The number of nitrogens with one attached hydrogen (secondary N) is 1. The molecule has 3 rings (SSSR count). The molecule has 0 unspecified atom stereocenters. The Morgan fingerprint density at radius 1 is 0.821 bits per heavy atom. The summed E-state index contributed by atoms with van der Waals surface area (Å²) in [6, 6.07) is 21.3. The van der Waals surface area contributed by atoms with E-state index in [0.717, 1.165) is 11.1 Å². The van der Waals surface area contributed by atoms with Crippen molar-refractivity contribution in [3.63, 3.8) is 0 Å². The fraction of sp³-hybridized carbons (Fsp3) is 0.130. The van der Waals surface area contributed by atoms with Crippen molar-refractivity contribution < 1.29 is 19.1 Å². The van der Waals surface area contributed by atoms with Crippen LogP contribution >= 0.6 is 0 Å². The van der Waals surface area contributed by atoms with Crippen LogP contribution in [-0.2, 0) is 4.79 Å². The van der Waals surface area contributed by atoms with Crippen molar-refractivity contribution in [3.8, 4) is 11.5 Å². The summed E-state index contributed by atoms with van der Waals surface area (Å²) in [4.78, 5) is 24.2. The first-order valence-corrected chi connectivity index (χ1v) is 8.89. The fourth-order valence-electron chi connectivity index (χ4n) is 2.72. The minimum Gasteiger partial charge on any atom is -0.481 e. The summed E-state index contributed by atoms with van der Waals surface area (Å²) in [7, 11) is 0. The Balaban J connectivity index is 1.54. The van der Waals surface area contributed by atoms with Gasteiger partial charge in [0, 0.05) is 11.3 Å². The molecular weight excluding hydrogens is 354 g/mol. The summed E-state index contributed by atoms with van der Waals surface area (Å²) < 4.78 is 10.9. The van der Waals surface area contributed by atoms with Crippen molar-refractivity contribution in [2.45, 2.75) is 13.8 Å². The third-order valence-corrected chi connectivity index (χ3v) is 4.12. The molecule has 0 aliphatic carbocycles. The Bertz CT molecular complexity index is 945. The number of amides is 1. The van der Waals surface area contributed by atoms with Crippen LogP contribution in [-0.4, -0.2) is 18.5 Å². The van der Waals surface area contributed by atoms with Crippen molar-refractivity contribution in [2.75, 3.05) is 11.9 Å². The highest BCUT2D eigenvalue weighted by Crippen LogP contribution is 2.22. The van der Waals surface area contributed by atoms with Crippen LogP contribution in [0.4, 0.5) is 5.69 Å². The van der Waals surface area contributed by atoms with Crippen LogP contribution in [0.1, 0.15) is 21.5 Å². The molecule has 0 radical (unpaired) electrons. The van der Waals surface area contributed by atoms with Crippen molar-refractivity contribution in [3.05, 3.63) is 89.5 Å². The maximum absolute atomic E-state index is 12.1. The summed E-state index contributed by atoms with van der Waals surface area (Å²) in [6.45, 7) is 3.67. The monoisotopic (exact) mass is 375 g/mol. The van der Waals surface area contributed by atoms with E-state index in [0.29, 0.717) is 22.7 Å². The van der Waals surface area contributed by atoms with E-state index in [1.807, 2.05) is 38.1 Å². The summed E-state index contributed by atoms with van der Waals surface area (Å²) in [5.41, 5.74) is 3.11. The Hall–Kier alpha value is -3.60. The highest BCUT2D eigenvalue weighted by molar-refractivity contribution is 6.04.